The van der Waals surface area contributed by atoms with Gasteiger partial charge in [0.05, 0.1) is 0 Å². The second-order valence-corrected chi connectivity index (χ2v) is 2.53. The van der Waals surface area contributed by atoms with Crippen LogP contribution in [0.3, 0.4) is 0 Å². The Bertz CT molecular complexity index is 319. The minimum atomic E-state index is 0.479. The van der Waals surface area contributed by atoms with Crippen molar-refractivity contribution in [1.82, 2.24) is 4.98 Å². The number of hydrogen-bond acceptors (Lipinski definition) is 2. The van der Waals surface area contributed by atoms with Gasteiger partial charge in [0.25, 0.3) is 0 Å². The van der Waals surface area contributed by atoms with E-state index in [9.17, 15) is 4.79 Å². The Morgan fingerprint density at radius 3 is 1.71 bits per heavy atom. The van der Waals surface area contributed by atoms with Gasteiger partial charge >= 0.3 is 0 Å². The molecule has 14 heavy (non-hydrogen) atoms. The van der Waals surface area contributed by atoms with Gasteiger partial charge in [-0.1, -0.05) is 42.5 Å². The van der Waals surface area contributed by atoms with Crippen molar-refractivity contribution in [2.75, 3.05) is 0 Å². The maximum absolute atomic E-state index is 9.94. The molecule has 0 aliphatic carbocycles. The minimum Gasteiger partial charge on any atom is -0.296 e. The molecule has 0 fully saturated rings. The van der Waals surface area contributed by atoms with Gasteiger partial charge in [0.15, 0.2) is 6.29 Å². The van der Waals surface area contributed by atoms with Crippen LogP contribution in [-0.2, 0) is 0 Å². The summed E-state index contributed by atoms with van der Waals surface area (Å²) in [6.45, 7) is 0. The van der Waals surface area contributed by atoms with Crippen LogP contribution in [0.25, 0.3) is 0 Å². The fourth-order valence-corrected chi connectivity index (χ4v) is 0.831. The summed E-state index contributed by atoms with van der Waals surface area (Å²) in [5.74, 6) is 0. The van der Waals surface area contributed by atoms with E-state index >= 15 is 0 Å². The zero-order valence-corrected chi connectivity index (χ0v) is 7.71. The molecule has 0 aliphatic heterocycles. The Morgan fingerprint density at radius 2 is 1.43 bits per heavy atom. The van der Waals surface area contributed by atoms with E-state index in [4.69, 9.17) is 0 Å². The van der Waals surface area contributed by atoms with Crippen LogP contribution in [0, 0.1) is 0 Å². The highest BCUT2D eigenvalue weighted by Crippen LogP contribution is 1.85. The summed E-state index contributed by atoms with van der Waals surface area (Å²) >= 11 is 0. The molecule has 0 saturated carbocycles. The van der Waals surface area contributed by atoms with Crippen LogP contribution < -0.4 is 0 Å². The number of benzene rings is 1. The first-order valence-corrected chi connectivity index (χ1v) is 4.29. The third-order valence-corrected chi connectivity index (χ3v) is 1.48. The SMILES string of the molecule is O=Cc1ccccn1.c1ccccc1. The zero-order chi connectivity index (χ0) is 10.1. The van der Waals surface area contributed by atoms with Crippen LogP contribution in [0.15, 0.2) is 60.8 Å². The van der Waals surface area contributed by atoms with Crippen molar-refractivity contribution in [3.8, 4) is 0 Å². The lowest BCUT2D eigenvalue weighted by Crippen LogP contribution is -1.80. The maximum Gasteiger partial charge on any atom is 0.168 e. The van der Waals surface area contributed by atoms with E-state index in [1.807, 2.05) is 36.4 Å². The van der Waals surface area contributed by atoms with Crippen LogP contribution in [0.1, 0.15) is 10.5 Å². The molecule has 0 aliphatic rings. The first-order chi connectivity index (χ1) is 6.93. The number of pyridine rings is 1. The molecule has 0 radical (unpaired) electrons. The van der Waals surface area contributed by atoms with Crippen molar-refractivity contribution in [3.63, 3.8) is 0 Å². The van der Waals surface area contributed by atoms with Crippen molar-refractivity contribution in [3.05, 3.63) is 66.5 Å². The van der Waals surface area contributed by atoms with Crippen LogP contribution in [0.2, 0.25) is 0 Å². The molecule has 0 saturated heterocycles. The summed E-state index contributed by atoms with van der Waals surface area (Å²) in [6, 6.07) is 17.2. The molecule has 2 nitrogen and oxygen atoms in total. The molecular weight excluding hydrogens is 174 g/mol. The quantitative estimate of drug-likeness (QED) is 0.639. The van der Waals surface area contributed by atoms with Crippen LogP contribution in [-0.4, -0.2) is 11.3 Å². The summed E-state index contributed by atoms with van der Waals surface area (Å²) in [7, 11) is 0. The number of carbonyl (C=O) groups excluding carboxylic acids is 1. The molecule has 1 aromatic heterocycles. The van der Waals surface area contributed by atoms with E-state index in [1.54, 1.807) is 24.4 Å². The van der Waals surface area contributed by atoms with E-state index in [2.05, 4.69) is 4.98 Å². The second kappa shape index (κ2) is 6.54. The Balaban J connectivity index is 0.000000146. The monoisotopic (exact) mass is 185 g/mol. The van der Waals surface area contributed by atoms with E-state index in [1.165, 1.54) is 0 Å². The van der Waals surface area contributed by atoms with Crippen molar-refractivity contribution in [2.24, 2.45) is 0 Å². The number of aromatic nitrogens is 1. The standard InChI is InChI=1S/C6H5NO.C6H6/c8-5-6-3-1-2-4-7-6;1-2-4-6-5-3-1/h1-5H;1-6H. The second-order valence-electron chi connectivity index (χ2n) is 2.53. The molecule has 0 atom stereocenters. The average molecular weight is 185 g/mol. The third kappa shape index (κ3) is 4.16. The van der Waals surface area contributed by atoms with E-state index in [0.29, 0.717) is 5.69 Å². The summed E-state index contributed by atoms with van der Waals surface area (Å²) in [5, 5.41) is 0. The van der Waals surface area contributed by atoms with Gasteiger partial charge in [0.1, 0.15) is 5.69 Å². The Morgan fingerprint density at radius 1 is 0.857 bits per heavy atom. The molecule has 0 N–H and O–H groups in total. The average Bonchev–Trinajstić information content (AvgIpc) is 2.33. The number of nitrogens with zero attached hydrogens (tertiary/aromatic N) is 1. The first-order valence-electron chi connectivity index (χ1n) is 4.29. The minimum absolute atomic E-state index is 0.479. The lowest BCUT2D eigenvalue weighted by Gasteiger charge is -1.81. The Hall–Kier alpha value is -1.96. The molecule has 2 rings (SSSR count). The van der Waals surface area contributed by atoms with E-state index in [-0.39, 0.29) is 0 Å². The Labute approximate surface area is 83.2 Å². The number of hydrogen-bond donors (Lipinski definition) is 0. The normalized spacial score (nSPS) is 8.29. The maximum atomic E-state index is 9.94. The van der Waals surface area contributed by atoms with Crippen LogP contribution in [0.4, 0.5) is 0 Å². The summed E-state index contributed by atoms with van der Waals surface area (Å²) in [5.41, 5.74) is 0.479. The molecule has 0 bridgehead atoms. The molecule has 2 aromatic rings. The van der Waals surface area contributed by atoms with Gasteiger partial charge in [-0.2, -0.15) is 0 Å². The largest absolute Gasteiger partial charge is 0.296 e. The summed E-state index contributed by atoms with van der Waals surface area (Å²) < 4.78 is 0. The van der Waals surface area contributed by atoms with Crippen LogP contribution >= 0.6 is 0 Å². The highest BCUT2D eigenvalue weighted by atomic mass is 16.1. The number of aldehydes is 1. The highest BCUT2D eigenvalue weighted by molar-refractivity contribution is 5.71. The Kier molecular flexibility index (Phi) is 4.73. The van der Waals surface area contributed by atoms with Gasteiger partial charge in [-0.15, -0.1) is 0 Å². The number of rotatable bonds is 1. The predicted molar refractivity (Wildman–Crippen MR) is 56.1 cm³/mol. The predicted octanol–water partition coefficient (Wildman–Crippen LogP) is 2.58. The van der Waals surface area contributed by atoms with Crippen molar-refractivity contribution in [1.29, 1.82) is 0 Å². The van der Waals surface area contributed by atoms with Gasteiger partial charge in [0.2, 0.25) is 0 Å². The van der Waals surface area contributed by atoms with Crippen LogP contribution in [0.5, 0.6) is 0 Å². The lowest BCUT2D eigenvalue weighted by atomic mass is 10.4. The van der Waals surface area contributed by atoms with E-state index < -0.39 is 0 Å². The molecule has 0 amide bonds. The fourth-order valence-electron chi connectivity index (χ4n) is 0.831. The van der Waals surface area contributed by atoms with Crippen molar-refractivity contribution >= 4 is 6.29 Å². The van der Waals surface area contributed by atoms with Gasteiger partial charge in [-0.3, -0.25) is 9.78 Å². The van der Waals surface area contributed by atoms with Gasteiger partial charge in [0, 0.05) is 6.20 Å². The van der Waals surface area contributed by atoms with Gasteiger partial charge in [-0.25, -0.2) is 0 Å². The molecule has 2 heteroatoms. The van der Waals surface area contributed by atoms with E-state index in [0.717, 1.165) is 6.29 Å². The highest BCUT2D eigenvalue weighted by Gasteiger charge is 1.81. The lowest BCUT2D eigenvalue weighted by molar-refractivity contribution is 0.111. The third-order valence-electron chi connectivity index (χ3n) is 1.48. The van der Waals surface area contributed by atoms with Crippen molar-refractivity contribution in [2.45, 2.75) is 0 Å². The fraction of sp³-hybridized carbons (Fsp3) is 0. The zero-order valence-electron chi connectivity index (χ0n) is 7.71. The number of carbonyl (C=O) groups is 1. The summed E-state index contributed by atoms with van der Waals surface area (Å²) in [4.78, 5) is 13.7. The molecule has 0 spiro atoms. The summed E-state index contributed by atoms with van der Waals surface area (Å²) in [6.07, 6.45) is 2.31. The molecule has 1 aromatic carbocycles. The first kappa shape index (κ1) is 10.1. The molecule has 0 unspecified atom stereocenters. The van der Waals surface area contributed by atoms with Gasteiger partial charge in [-0.05, 0) is 12.1 Å². The molecule has 1 heterocycles. The topological polar surface area (TPSA) is 30.0 Å². The van der Waals surface area contributed by atoms with Crippen molar-refractivity contribution < 1.29 is 4.79 Å². The van der Waals surface area contributed by atoms with Gasteiger partial charge < -0.3 is 0 Å². The molecule has 70 valence electrons. The smallest absolute Gasteiger partial charge is 0.168 e. The molecular formula is C12H11NO.